The summed E-state index contributed by atoms with van der Waals surface area (Å²) < 4.78 is 15.5. The average Bonchev–Trinajstić information content (AvgIpc) is 3.94. The maximum atomic E-state index is 6.88. The normalized spacial score (nSPS) is 11.9. The Morgan fingerprint density at radius 2 is 1.02 bits per heavy atom. The molecule has 0 radical (unpaired) electrons. The van der Waals surface area contributed by atoms with E-state index >= 15 is 0 Å². The van der Waals surface area contributed by atoms with Crippen molar-refractivity contribution in [3.63, 3.8) is 0 Å². The molecule has 0 N–H and O–H groups in total. The molecule has 0 aliphatic heterocycles. The van der Waals surface area contributed by atoms with Gasteiger partial charge in [-0.15, -0.1) is 0 Å². The molecule has 0 aliphatic rings. The lowest BCUT2D eigenvalue weighted by Gasteiger charge is -2.27. The number of nitrogens with zero attached hydrogens (tertiary/aromatic N) is 2. The Labute approximate surface area is 321 Å². The minimum Gasteiger partial charge on any atom is -0.456 e. The highest BCUT2D eigenvalue weighted by Crippen LogP contribution is 2.47. The summed E-state index contributed by atoms with van der Waals surface area (Å²) >= 11 is 0. The Morgan fingerprint density at radius 1 is 0.357 bits per heavy atom. The molecule has 9 aromatic carbocycles. The molecule has 0 aliphatic carbocycles. The highest BCUT2D eigenvalue weighted by Gasteiger charge is 2.23. The number of hydrogen-bond acceptors (Lipinski definition) is 3. The van der Waals surface area contributed by atoms with Crippen molar-refractivity contribution in [1.82, 2.24) is 4.57 Å². The number of para-hydroxylation sites is 4. The first-order valence-corrected chi connectivity index (χ1v) is 19.0. The van der Waals surface area contributed by atoms with Crippen molar-refractivity contribution in [2.24, 2.45) is 0 Å². The lowest BCUT2D eigenvalue weighted by atomic mass is 9.95. The summed E-state index contributed by atoms with van der Waals surface area (Å²) in [6.45, 7) is 0. The van der Waals surface area contributed by atoms with Crippen LogP contribution in [0.2, 0.25) is 0 Å². The van der Waals surface area contributed by atoms with E-state index in [1.165, 1.54) is 21.8 Å². The van der Waals surface area contributed by atoms with Crippen LogP contribution in [0.15, 0.2) is 203 Å². The molecule has 3 heterocycles. The summed E-state index contributed by atoms with van der Waals surface area (Å²) in [6.07, 6.45) is 0. The van der Waals surface area contributed by atoms with Crippen LogP contribution in [-0.2, 0) is 0 Å². The van der Waals surface area contributed by atoms with E-state index in [0.717, 1.165) is 88.5 Å². The van der Waals surface area contributed by atoms with E-state index in [1.807, 2.05) is 12.1 Å². The highest BCUT2D eigenvalue weighted by molar-refractivity contribution is 6.26. The van der Waals surface area contributed by atoms with Crippen LogP contribution in [0.5, 0.6) is 0 Å². The summed E-state index contributed by atoms with van der Waals surface area (Å²) in [6, 6.07) is 68.9. The number of rotatable bonds is 5. The maximum absolute atomic E-state index is 6.88. The third-order valence-electron chi connectivity index (χ3n) is 11.4. The molecule has 4 nitrogen and oxygen atoms in total. The topological polar surface area (TPSA) is 34.5 Å². The monoisotopic (exact) mass is 716 g/mol. The number of benzene rings is 9. The maximum Gasteiger partial charge on any atom is 0.138 e. The van der Waals surface area contributed by atoms with Crippen LogP contribution >= 0.6 is 0 Å². The van der Waals surface area contributed by atoms with E-state index in [4.69, 9.17) is 8.83 Å². The largest absolute Gasteiger partial charge is 0.456 e. The quantitative estimate of drug-likeness (QED) is 0.178. The molecule has 0 bridgehead atoms. The van der Waals surface area contributed by atoms with Crippen LogP contribution in [0, 0.1) is 0 Å². The zero-order chi connectivity index (χ0) is 36.7. The standard InChI is InChI=1S/C52H32N2O2/c1-3-14-34(15-4-1)53(36-27-29-48-43(31-36)41-20-10-12-24-47(41)55-48)46-32-50-52(42-21-8-7-19-39(42)46)51-37(22-13-25-49(51)56-50)33-26-28-40-38-18-9-11-23-44(38)54(45(40)30-33)35-16-5-2-6-17-35/h1-32H. The van der Waals surface area contributed by atoms with Crippen LogP contribution in [0.4, 0.5) is 17.1 Å². The molecular weight excluding hydrogens is 685 g/mol. The predicted molar refractivity (Wildman–Crippen MR) is 233 cm³/mol. The van der Waals surface area contributed by atoms with E-state index in [2.05, 4.69) is 191 Å². The predicted octanol–water partition coefficient (Wildman–Crippen LogP) is 14.9. The van der Waals surface area contributed by atoms with Gasteiger partial charge in [-0.1, -0.05) is 121 Å². The summed E-state index contributed by atoms with van der Waals surface area (Å²) in [5, 5.41) is 9.17. The Balaban J connectivity index is 1.11. The summed E-state index contributed by atoms with van der Waals surface area (Å²) in [5.74, 6) is 0. The number of furan rings is 2. The zero-order valence-electron chi connectivity index (χ0n) is 30.2. The lowest BCUT2D eigenvalue weighted by Crippen LogP contribution is -2.10. The SMILES string of the molecule is c1ccc(N(c2ccc3oc4ccccc4c3c2)c2cc3oc4cccc(-c5ccc6c7ccccc7n(-c7ccccc7)c6c5)c4c3c3ccccc23)cc1. The Kier molecular flexibility index (Phi) is 6.60. The van der Waals surface area contributed by atoms with Crippen molar-refractivity contribution in [3.8, 4) is 16.8 Å². The number of hydrogen-bond donors (Lipinski definition) is 0. The molecule has 12 rings (SSSR count). The van der Waals surface area contributed by atoms with E-state index in [9.17, 15) is 0 Å². The summed E-state index contributed by atoms with van der Waals surface area (Å²) in [7, 11) is 0. The lowest BCUT2D eigenvalue weighted by molar-refractivity contribution is 0.668. The third kappa shape index (κ3) is 4.53. The van der Waals surface area contributed by atoms with Gasteiger partial charge in [-0.05, 0) is 83.2 Å². The van der Waals surface area contributed by atoms with Crippen LogP contribution in [0.3, 0.4) is 0 Å². The molecule has 0 saturated heterocycles. The average molecular weight is 717 g/mol. The first-order valence-electron chi connectivity index (χ1n) is 19.0. The molecule has 0 atom stereocenters. The third-order valence-corrected chi connectivity index (χ3v) is 11.4. The van der Waals surface area contributed by atoms with Gasteiger partial charge in [-0.3, -0.25) is 0 Å². The molecule has 56 heavy (non-hydrogen) atoms. The van der Waals surface area contributed by atoms with E-state index in [1.54, 1.807) is 0 Å². The molecular formula is C52H32N2O2. The summed E-state index contributed by atoms with van der Waals surface area (Å²) in [5.41, 5.74) is 12.4. The molecule has 0 spiro atoms. The Morgan fingerprint density at radius 3 is 1.88 bits per heavy atom. The van der Waals surface area contributed by atoms with Gasteiger partial charge in [0.05, 0.1) is 16.7 Å². The first kappa shape index (κ1) is 30.9. The number of aromatic nitrogens is 1. The van der Waals surface area contributed by atoms with Crippen LogP contribution < -0.4 is 4.90 Å². The molecule has 3 aromatic heterocycles. The van der Waals surface area contributed by atoms with Crippen molar-refractivity contribution in [2.75, 3.05) is 4.90 Å². The molecule has 0 fully saturated rings. The fourth-order valence-electron chi connectivity index (χ4n) is 8.94. The number of fused-ring (bicyclic) bond motifs is 11. The van der Waals surface area contributed by atoms with E-state index in [0.29, 0.717) is 0 Å². The van der Waals surface area contributed by atoms with Crippen LogP contribution in [0.25, 0.3) is 93.3 Å². The van der Waals surface area contributed by atoms with Crippen molar-refractivity contribution >= 4 is 93.5 Å². The van der Waals surface area contributed by atoms with Gasteiger partial charge < -0.3 is 18.3 Å². The second kappa shape index (κ2) is 12.0. The van der Waals surface area contributed by atoms with Crippen LogP contribution in [-0.4, -0.2) is 4.57 Å². The molecule has 0 amide bonds. The van der Waals surface area contributed by atoms with Crippen molar-refractivity contribution in [1.29, 1.82) is 0 Å². The van der Waals surface area contributed by atoms with Crippen molar-refractivity contribution in [2.45, 2.75) is 0 Å². The second-order valence-electron chi connectivity index (χ2n) is 14.5. The molecule has 12 aromatic rings. The van der Waals surface area contributed by atoms with Gasteiger partial charge in [0, 0.05) is 60.8 Å². The second-order valence-corrected chi connectivity index (χ2v) is 14.5. The summed E-state index contributed by atoms with van der Waals surface area (Å²) in [4.78, 5) is 2.34. The Bertz CT molecular complexity index is 3480. The molecule has 0 saturated carbocycles. The van der Waals surface area contributed by atoms with Crippen molar-refractivity contribution in [3.05, 3.63) is 194 Å². The van der Waals surface area contributed by atoms with Gasteiger partial charge >= 0.3 is 0 Å². The van der Waals surface area contributed by atoms with Gasteiger partial charge in [0.15, 0.2) is 0 Å². The number of anilines is 3. The smallest absolute Gasteiger partial charge is 0.138 e. The van der Waals surface area contributed by atoms with Gasteiger partial charge in [0.1, 0.15) is 22.3 Å². The fraction of sp³-hybridized carbons (Fsp3) is 0. The minimum atomic E-state index is 0.844. The fourth-order valence-corrected chi connectivity index (χ4v) is 8.94. The zero-order valence-corrected chi connectivity index (χ0v) is 30.2. The minimum absolute atomic E-state index is 0.844. The van der Waals surface area contributed by atoms with E-state index in [-0.39, 0.29) is 0 Å². The van der Waals surface area contributed by atoms with E-state index < -0.39 is 0 Å². The van der Waals surface area contributed by atoms with Gasteiger partial charge in [0.25, 0.3) is 0 Å². The van der Waals surface area contributed by atoms with Gasteiger partial charge in [0.2, 0.25) is 0 Å². The molecule has 0 unspecified atom stereocenters. The van der Waals surface area contributed by atoms with Gasteiger partial charge in [-0.2, -0.15) is 0 Å². The Hall–Kier alpha value is -7.56. The van der Waals surface area contributed by atoms with Crippen molar-refractivity contribution < 1.29 is 8.83 Å². The molecule has 4 heteroatoms. The van der Waals surface area contributed by atoms with Gasteiger partial charge in [-0.25, -0.2) is 0 Å². The first-order chi connectivity index (χ1) is 27.8. The van der Waals surface area contributed by atoms with Crippen LogP contribution in [0.1, 0.15) is 0 Å². The molecule has 262 valence electrons. The highest BCUT2D eigenvalue weighted by atomic mass is 16.3.